The van der Waals surface area contributed by atoms with Crippen LogP contribution in [0.4, 0.5) is 5.69 Å². The highest BCUT2D eigenvalue weighted by Gasteiger charge is 2.17. The van der Waals surface area contributed by atoms with Crippen LogP contribution in [-0.2, 0) is 4.79 Å². The third-order valence-corrected chi connectivity index (χ3v) is 3.62. The van der Waals surface area contributed by atoms with E-state index >= 15 is 0 Å². The van der Waals surface area contributed by atoms with Crippen LogP contribution in [0.2, 0.25) is 0 Å². The molecule has 1 aromatic carbocycles. The molecule has 98 valence electrons. The molecule has 2 N–H and O–H groups in total. The Balaban J connectivity index is 1.92. The summed E-state index contributed by atoms with van der Waals surface area (Å²) in [6, 6.07) is 5.24. The number of aryl methyl sites for hydroxylation is 1. The highest BCUT2D eigenvalue weighted by Crippen LogP contribution is 2.28. The molecule has 0 aromatic heterocycles. The van der Waals surface area contributed by atoms with Crippen molar-refractivity contribution in [2.24, 2.45) is 5.92 Å². The maximum absolute atomic E-state index is 11.9. The molecule has 1 fully saturated rings. The highest BCUT2D eigenvalue weighted by atomic mass is 16.3. The summed E-state index contributed by atoms with van der Waals surface area (Å²) in [4.78, 5) is 11.9. The molecule has 0 saturated heterocycles. The fourth-order valence-electron chi connectivity index (χ4n) is 2.60. The number of carbonyl (C=O) groups excluding carboxylic acids is 1. The van der Waals surface area contributed by atoms with Crippen molar-refractivity contribution in [1.82, 2.24) is 0 Å². The Bertz CT molecular complexity index is 423. The third-order valence-electron chi connectivity index (χ3n) is 3.62. The number of rotatable bonds is 3. The molecular formula is C15H21NO2. The molecule has 1 saturated carbocycles. The number of carbonyl (C=O) groups is 1. The van der Waals surface area contributed by atoms with Crippen LogP contribution in [-0.4, -0.2) is 11.0 Å². The third kappa shape index (κ3) is 3.49. The van der Waals surface area contributed by atoms with E-state index in [1.165, 1.54) is 19.3 Å². The van der Waals surface area contributed by atoms with Gasteiger partial charge >= 0.3 is 0 Å². The Morgan fingerprint density at radius 1 is 1.33 bits per heavy atom. The average Bonchev–Trinajstić information content (AvgIpc) is 2.35. The first-order valence-corrected chi connectivity index (χ1v) is 6.74. The molecule has 3 heteroatoms. The molecule has 0 atom stereocenters. The number of phenols is 1. The van der Waals surface area contributed by atoms with Gasteiger partial charge in [-0.2, -0.15) is 0 Å². The summed E-state index contributed by atoms with van der Waals surface area (Å²) in [5.41, 5.74) is 1.55. The van der Waals surface area contributed by atoms with Gasteiger partial charge in [-0.3, -0.25) is 4.79 Å². The van der Waals surface area contributed by atoms with E-state index in [1.54, 1.807) is 12.1 Å². The van der Waals surface area contributed by atoms with E-state index in [-0.39, 0.29) is 11.7 Å². The number of hydrogen-bond donors (Lipinski definition) is 2. The fraction of sp³-hybridized carbons (Fsp3) is 0.533. The van der Waals surface area contributed by atoms with E-state index in [4.69, 9.17) is 0 Å². The first-order valence-electron chi connectivity index (χ1n) is 6.74. The van der Waals surface area contributed by atoms with Gasteiger partial charge < -0.3 is 10.4 Å². The van der Waals surface area contributed by atoms with Gasteiger partial charge in [0.1, 0.15) is 5.75 Å². The number of nitrogens with one attached hydrogen (secondary N) is 1. The maximum Gasteiger partial charge on any atom is 0.224 e. The molecule has 18 heavy (non-hydrogen) atoms. The average molecular weight is 247 g/mol. The van der Waals surface area contributed by atoms with Crippen LogP contribution in [0.5, 0.6) is 5.75 Å². The molecule has 2 rings (SSSR count). The van der Waals surface area contributed by atoms with Crippen molar-refractivity contribution in [3.05, 3.63) is 23.8 Å². The molecule has 1 amide bonds. The van der Waals surface area contributed by atoms with Crippen molar-refractivity contribution < 1.29 is 9.90 Å². The standard InChI is InChI=1S/C15H21NO2/c1-11-7-8-14(17)13(9-11)16-15(18)10-12-5-3-2-4-6-12/h7-9,12,17H,2-6,10H2,1H3,(H,16,18). The number of benzene rings is 1. The Hall–Kier alpha value is -1.51. The smallest absolute Gasteiger partial charge is 0.224 e. The molecule has 1 aliphatic rings. The van der Waals surface area contributed by atoms with Gasteiger partial charge in [-0.25, -0.2) is 0 Å². The van der Waals surface area contributed by atoms with Gasteiger partial charge in [0.15, 0.2) is 0 Å². The van der Waals surface area contributed by atoms with Gasteiger partial charge in [0.25, 0.3) is 0 Å². The highest BCUT2D eigenvalue weighted by molar-refractivity contribution is 5.92. The van der Waals surface area contributed by atoms with E-state index in [0.29, 0.717) is 18.0 Å². The van der Waals surface area contributed by atoms with Crippen LogP contribution in [0, 0.1) is 12.8 Å². The summed E-state index contributed by atoms with van der Waals surface area (Å²) in [5, 5.41) is 12.5. The van der Waals surface area contributed by atoms with E-state index in [1.807, 2.05) is 13.0 Å². The van der Waals surface area contributed by atoms with E-state index in [9.17, 15) is 9.90 Å². The number of phenolic OH excluding ortho intramolecular Hbond substituents is 1. The van der Waals surface area contributed by atoms with Crippen molar-refractivity contribution >= 4 is 11.6 Å². The molecule has 3 nitrogen and oxygen atoms in total. The Morgan fingerprint density at radius 3 is 2.78 bits per heavy atom. The van der Waals surface area contributed by atoms with E-state index in [0.717, 1.165) is 18.4 Å². The van der Waals surface area contributed by atoms with Gasteiger partial charge in [-0.15, -0.1) is 0 Å². The topological polar surface area (TPSA) is 49.3 Å². The predicted molar refractivity (Wildman–Crippen MR) is 72.7 cm³/mol. The van der Waals surface area contributed by atoms with Crippen molar-refractivity contribution in [1.29, 1.82) is 0 Å². The van der Waals surface area contributed by atoms with E-state index in [2.05, 4.69) is 5.32 Å². The second kappa shape index (κ2) is 5.89. The lowest BCUT2D eigenvalue weighted by molar-refractivity contribution is -0.117. The molecule has 1 aliphatic carbocycles. The SMILES string of the molecule is Cc1ccc(O)c(NC(=O)CC2CCCCC2)c1. The van der Waals surface area contributed by atoms with Gasteiger partial charge in [0.05, 0.1) is 5.69 Å². The molecule has 0 unspecified atom stereocenters. The van der Waals surface area contributed by atoms with Crippen LogP contribution in [0.25, 0.3) is 0 Å². The van der Waals surface area contributed by atoms with Crippen molar-refractivity contribution in [2.75, 3.05) is 5.32 Å². The minimum absolute atomic E-state index is 0.0165. The van der Waals surface area contributed by atoms with Crippen LogP contribution in [0.15, 0.2) is 18.2 Å². The Kier molecular flexibility index (Phi) is 4.24. The summed E-state index contributed by atoms with van der Waals surface area (Å²) in [7, 11) is 0. The summed E-state index contributed by atoms with van der Waals surface area (Å²) in [6.07, 6.45) is 6.69. The number of anilines is 1. The number of aromatic hydroxyl groups is 1. The van der Waals surface area contributed by atoms with Gasteiger partial charge in [0, 0.05) is 6.42 Å². The molecule has 1 aromatic rings. The van der Waals surface area contributed by atoms with Gasteiger partial charge in [0.2, 0.25) is 5.91 Å². The Morgan fingerprint density at radius 2 is 2.06 bits per heavy atom. The van der Waals surface area contributed by atoms with E-state index < -0.39 is 0 Å². The van der Waals surface area contributed by atoms with Crippen molar-refractivity contribution in [3.8, 4) is 5.75 Å². The van der Waals surface area contributed by atoms with Crippen molar-refractivity contribution in [3.63, 3.8) is 0 Å². The first kappa shape index (κ1) is 12.9. The molecule has 0 spiro atoms. The zero-order valence-corrected chi connectivity index (χ0v) is 10.9. The number of hydrogen-bond acceptors (Lipinski definition) is 2. The molecule has 0 bridgehead atoms. The number of amides is 1. The maximum atomic E-state index is 11.9. The normalized spacial score (nSPS) is 16.5. The van der Waals surface area contributed by atoms with Crippen LogP contribution in [0.3, 0.4) is 0 Å². The van der Waals surface area contributed by atoms with Crippen LogP contribution in [0.1, 0.15) is 44.1 Å². The largest absolute Gasteiger partial charge is 0.506 e. The monoisotopic (exact) mass is 247 g/mol. The molecular weight excluding hydrogens is 226 g/mol. The lowest BCUT2D eigenvalue weighted by Gasteiger charge is -2.21. The van der Waals surface area contributed by atoms with Crippen LogP contribution < -0.4 is 5.32 Å². The lowest BCUT2D eigenvalue weighted by atomic mass is 9.87. The molecule has 0 aliphatic heterocycles. The predicted octanol–water partition coefficient (Wildman–Crippen LogP) is 3.61. The second-order valence-electron chi connectivity index (χ2n) is 5.28. The minimum atomic E-state index is 0.0165. The van der Waals surface area contributed by atoms with Gasteiger partial charge in [-0.05, 0) is 43.4 Å². The van der Waals surface area contributed by atoms with Crippen molar-refractivity contribution in [2.45, 2.75) is 45.4 Å². The van der Waals surface area contributed by atoms with Crippen LogP contribution >= 0.6 is 0 Å². The zero-order chi connectivity index (χ0) is 13.0. The summed E-state index contributed by atoms with van der Waals surface area (Å²) in [5.74, 6) is 0.672. The lowest BCUT2D eigenvalue weighted by Crippen LogP contribution is -2.18. The first-order chi connectivity index (χ1) is 8.65. The summed E-state index contributed by atoms with van der Waals surface area (Å²) < 4.78 is 0. The molecule has 0 radical (unpaired) electrons. The molecule has 0 heterocycles. The second-order valence-corrected chi connectivity index (χ2v) is 5.28. The van der Waals surface area contributed by atoms with Gasteiger partial charge in [-0.1, -0.05) is 25.3 Å². The summed E-state index contributed by atoms with van der Waals surface area (Å²) in [6.45, 7) is 1.94. The summed E-state index contributed by atoms with van der Waals surface area (Å²) >= 11 is 0. The Labute approximate surface area is 108 Å². The minimum Gasteiger partial charge on any atom is -0.506 e. The zero-order valence-electron chi connectivity index (χ0n) is 10.9. The fourth-order valence-corrected chi connectivity index (χ4v) is 2.60. The quantitative estimate of drug-likeness (QED) is 0.802.